The Bertz CT molecular complexity index is 429. The van der Waals surface area contributed by atoms with E-state index in [1.165, 1.54) is 23.5 Å². The molecule has 0 spiro atoms. The van der Waals surface area contributed by atoms with Crippen LogP contribution in [0.1, 0.15) is 29.9 Å². The molecule has 0 N–H and O–H groups in total. The van der Waals surface area contributed by atoms with Crippen molar-refractivity contribution in [2.75, 3.05) is 38.1 Å². The van der Waals surface area contributed by atoms with Crippen molar-refractivity contribution in [3.8, 4) is 0 Å². The maximum Gasteiger partial charge on any atom is 0.136 e. The fourth-order valence-corrected chi connectivity index (χ4v) is 3.95. The quantitative estimate of drug-likeness (QED) is 0.815. The Morgan fingerprint density at radius 3 is 2.78 bits per heavy atom. The number of rotatable bonds is 2. The smallest absolute Gasteiger partial charge is 0.136 e. The van der Waals surface area contributed by atoms with E-state index in [4.69, 9.17) is 0 Å². The second kappa shape index (κ2) is 5.05. The Labute approximate surface area is 113 Å². The third kappa shape index (κ3) is 2.10. The van der Waals surface area contributed by atoms with Gasteiger partial charge in [-0.2, -0.15) is 0 Å². The van der Waals surface area contributed by atoms with Crippen molar-refractivity contribution in [3.05, 3.63) is 17.6 Å². The lowest BCUT2D eigenvalue weighted by Gasteiger charge is -2.34. The van der Waals surface area contributed by atoms with Crippen LogP contribution in [0, 0.1) is 0 Å². The Morgan fingerprint density at radius 1 is 1.28 bits per heavy atom. The van der Waals surface area contributed by atoms with E-state index in [0.717, 1.165) is 31.9 Å². The van der Waals surface area contributed by atoms with Gasteiger partial charge in [-0.15, -0.1) is 11.8 Å². The molecule has 3 heterocycles. The van der Waals surface area contributed by atoms with Crippen molar-refractivity contribution in [3.63, 3.8) is 0 Å². The van der Waals surface area contributed by atoms with Gasteiger partial charge in [-0.1, -0.05) is 6.92 Å². The van der Waals surface area contributed by atoms with Crippen molar-refractivity contribution in [2.24, 2.45) is 0 Å². The first-order valence-electron chi connectivity index (χ1n) is 6.68. The van der Waals surface area contributed by atoms with Crippen molar-refractivity contribution in [1.29, 1.82) is 0 Å². The second-order valence-electron chi connectivity index (χ2n) is 5.06. The molecule has 0 aliphatic carbocycles. The largest absolute Gasteiger partial charge is 0.354 e. The summed E-state index contributed by atoms with van der Waals surface area (Å²) in [5.74, 6) is 2.25. The lowest BCUT2D eigenvalue weighted by Crippen LogP contribution is -2.45. The number of hydrogen-bond donors (Lipinski definition) is 0. The summed E-state index contributed by atoms with van der Waals surface area (Å²) in [5, 5.41) is 0.593. The summed E-state index contributed by atoms with van der Waals surface area (Å²) in [6.45, 7) is 6.68. The highest BCUT2D eigenvalue weighted by Crippen LogP contribution is 2.46. The molecule has 3 rings (SSSR count). The maximum absolute atomic E-state index is 4.58. The standard InChI is InChI=1S/C13H20N4S/c1-3-11-12-10(8-18-11)14-9-15-13(12)17-6-4-16(2)5-7-17/h9,11H,3-8H2,1-2H3. The highest BCUT2D eigenvalue weighted by atomic mass is 32.2. The van der Waals surface area contributed by atoms with E-state index < -0.39 is 0 Å². The summed E-state index contributed by atoms with van der Waals surface area (Å²) in [6.07, 6.45) is 2.91. The van der Waals surface area contributed by atoms with Crippen LogP contribution < -0.4 is 4.90 Å². The number of piperazine rings is 1. The van der Waals surface area contributed by atoms with Crippen molar-refractivity contribution in [2.45, 2.75) is 24.3 Å². The van der Waals surface area contributed by atoms with Gasteiger partial charge >= 0.3 is 0 Å². The normalized spacial score (nSPS) is 24.3. The molecule has 1 aromatic rings. The highest BCUT2D eigenvalue weighted by molar-refractivity contribution is 7.99. The van der Waals surface area contributed by atoms with E-state index in [9.17, 15) is 0 Å². The molecule has 2 aliphatic heterocycles. The molecular weight excluding hydrogens is 244 g/mol. The average Bonchev–Trinajstić information content (AvgIpc) is 2.82. The summed E-state index contributed by atoms with van der Waals surface area (Å²) in [6, 6.07) is 0. The lowest BCUT2D eigenvalue weighted by atomic mass is 10.1. The number of hydrogen-bond acceptors (Lipinski definition) is 5. The third-order valence-corrected chi connectivity index (χ3v) is 5.27. The van der Waals surface area contributed by atoms with E-state index in [-0.39, 0.29) is 0 Å². The molecule has 0 saturated carbocycles. The molecular formula is C13H20N4S. The number of anilines is 1. The molecule has 1 fully saturated rings. The van der Waals surface area contributed by atoms with E-state index in [1.54, 1.807) is 6.33 Å². The maximum atomic E-state index is 4.58. The Kier molecular flexibility index (Phi) is 3.43. The van der Waals surface area contributed by atoms with Gasteiger partial charge in [0.25, 0.3) is 0 Å². The molecule has 0 radical (unpaired) electrons. The van der Waals surface area contributed by atoms with Crippen molar-refractivity contribution in [1.82, 2.24) is 14.9 Å². The summed E-state index contributed by atoms with van der Waals surface area (Å²) in [7, 11) is 2.19. The molecule has 1 aromatic heterocycles. The minimum atomic E-state index is 0.593. The molecule has 98 valence electrons. The van der Waals surface area contributed by atoms with Crippen LogP contribution in [-0.2, 0) is 5.75 Å². The number of likely N-dealkylation sites (N-methyl/N-ethyl adjacent to an activating group) is 1. The molecule has 0 aromatic carbocycles. The van der Waals surface area contributed by atoms with Crippen LogP contribution in [0.5, 0.6) is 0 Å². The van der Waals surface area contributed by atoms with Gasteiger partial charge in [0.1, 0.15) is 12.1 Å². The van der Waals surface area contributed by atoms with Gasteiger partial charge in [-0.3, -0.25) is 0 Å². The summed E-state index contributed by atoms with van der Waals surface area (Å²) < 4.78 is 0. The zero-order valence-electron chi connectivity index (χ0n) is 11.1. The first-order valence-corrected chi connectivity index (χ1v) is 7.73. The third-order valence-electron chi connectivity index (χ3n) is 3.86. The summed E-state index contributed by atoms with van der Waals surface area (Å²) in [5.41, 5.74) is 2.67. The molecule has 0 bridgehead atoms. The second-order valence-corrected chi connectivity index (χ2v) is 6.25. The lowest BCUT2D eigenvalue weighted by molar-refractivity contribution is 0.311. The minimum absolute atomic E-state index is 0.593. The Balaban J connectivity index is 1.91. The van der Waals surface area contributed by atoms with Gasteiger partial charge in [0, 0.05) is 42.7 Å². The van der Waals surface area contributed by atoms with Crippen LogP contribution in [0.4, 0.5) is 5.82 Å². The first kappa shape index (κ1) is 12.2. The first-order chi connectivity index (χ1) is 8.79. The van der Waals surface area contributed by atoms with E-state index in [2.05, 4.69) is 33.7 Å². The SMILES string of the molecule is CCC1SCc2ncnc(N3CCN(C)CC3)c21. The Morgan fingerprint density at radius 2 is 2.06 bits per heavy atom. The predicted octanol–water partition coefficient (Wildman–Crippen LogP) is 1.93. The predicted molar refractivity (Wildman–Crippen MR) is 76.1 cm³/mol. The fraction of sp³-hybridized carbons (Fsp3) is 0.692. The fourth-order valence-electron chi connectivity index (χ4n) is 2.72. The van der Waals surface area contributed by atoms with E-state index in [1.807, 2.05) is 11.8 Å². The number of aromatic nitrogens is 2. The van der Waals surface area contributed by atoms with Crippen LogP contribution >= 0.6 is 11.8 Å². The number of thioether (sulfide) groups is 1. The highest BCUT2D eigenvalue weighted by Gasteiger charge is 2.29. The van der Waals surface area contributed by atoms with Crippen molar-refractivity contribution < 1.29 is 0 Å². The molecule has 1 unspecified atom stereocenters. The van der Waals surface area contributed by atoms with E-state index >= 15 is 0 Å². The number of nitrogens with zero attached hydrogens (tertiary/aromatic N) is 4. The minimum Gasteiger partial charge on any atom is -0.354 e. The molecule has 5 heteroatoms. The van der Waals surface area contributed by atoms with Crippen LogP contribution in [0.15, 0.2) is 6.33 Å². The topological polar surface area (TPSA) is 32.3 Å². The zero-order valence-corrected chi connectivity index (χ0v) is 11.9. The molecule has 1 saturated heterocycles. The van der Waals surface area contributed by atoms with Crippen LogP contribution in [0.3, 0.4) is 0 Å². The van der Waals surface area contributed by atoms with Crippen LogP contribution in [-0.4, -0.2) is 48.1 Å². The van der Waals surface area contributed by atoms with Crippen molar-refractivity contribution >= 4 is 17.6 Å². The van der Waals surface area contributed by atoms with Gasteiger partial charge in [0.15, 0.2) is 0 Å². The number of fused-ring (bicyclic) bond motifs is 1. The average molecular weight is 264 g/mol. The van der Waals surface area contributed by atoms with Gasteiger partial charge in [0.05, 0.1) is 5.69 Å². The zero-order chi connectivity index (χ0) is 12.5. The monoisotopic (exact) mass is 264 g/mol. The van der Waals surface area contributed by atoms with Gasteiger partial charge in [-0.05, 0) is 13.5 Å². The molecule has 2 aliphatic rings. The van der Waals surface area contributed by atoms with E-state index in [0.29, 0.717) is 5.25 Å². The summed E-state index contributed by atoms with van der Waals surface area (Å²) >= 11 is 2.01. The molecule has 4 nitrogen and oxygen atoms in total. The molecule has 1 atom stereocenters. The molecule has 18 heavy (non-hydrogen) atoms. The van der Waals surface area contributed by atoms with Gasteiger partial charge < -0.3 is 9.80 Å². The van der Waals surface area contributed by atoms with Crippen LogP contribution in [0.25, 0.3) is 0 Å². The Hall–Kier alpha value is -0.810. The van der Waals surface area contributed by atoms with Gasteiger partial charge in [-0.25, -0.2) is 9.97 Å². The molecule has 0 amide bonds. The van der Waals surface area contributed by atoms with Crippen LogP contribution in [0.2, 0.25) is 0 Å². The summed E-state index contributed by atoms with van der Waals surface area (Å²) in [4.78, 5) is 13.9. The van der Waals surface area contributed by atoms with Gasteiger partial charge in [0.2, 0.25) is 0 Å².